The number of carbonyl (C=O) groups is 2. The molecule has 3 heterocycles. The number of unbranched alkanes of at least 4 members (excludes halogenated alkanes) is 1. The summed E-state index contributed by atoms with van der Waals surface area (Å²) in [7, 11) is 4.09. The van der Waals surface area contributed by atoms with Crippen LogP contribution >= 0.6 is 0 Å². The zero-order chi connectivity index (χ0) is 28.6. The van der Waals surface area contributed by atoms with Gasteiger partial charge in [-0.25, -0.2) is 9.97 Å². The van der Waals surface area contributed by atoms with Gasteiger partial charge >= 0.3 is 0 Å². The van der Waals surface area contributed by atoms with Gasteiger partial charge in [-0.15, -0.1) is 0 Å². The van der Waals surface area contributed by atoms with Crippen LogP contribution in [0.15, 0.2) is 60.9 Å². The van der Waals surface area contributed by atoms with E-state index in [2.05, 4.69) is 53.2 Å². The van der Waals surface area contributed by atoms with Crippen molar-refractivity contribution < 1.29 is 9.59 Å². The number of fused-ring (bicyclic) bond motifs is 7. The average Bonchev–Trinajstić information content (AvgIpc) is 3.41. The molecule has 6 bridgehead atoms. The Morgan fingerprint density at radius 1 is 0.902 bits per heavy atom. The van der Waals surface area contributed by atoms with Crippen molar-refractivity contribution in [3.63, 3.8) is 0 Å². The van der Waals surface area contributed by atoms with Crippen LogP contribution in [0.2, 0.25) is 0 Å². The fraction of sp³-hybridized carbons (Fsp3) is 0.419. The molecule has 2 aliphatic rings. The zero-order valence-electron chi connectivity index (χ0n) is 23.9. The van der Waals surface area contributed by atoms with E-state index >= 15 is 0 Å². The summed E-state index contributed by atoms with van der Waals surface area (Å²) in [6.07, 6.45) is 5.67. The van der Waals surface area contributed by atoms with Crippen LogP contribution in [0, 0.1) is 0 Å². The molecule has 0 saturated carbocycles. The first-order valence-corrected chi connectivity index (χ1v) is 14.4. The summed E-state index contributed by atoms with van der Waals surface area (Å²) in [5, 5.41) is 12.9. The van der Waals surface area contributed by atoms with Crippen LogP contribution in [0.5, 0.6) is 0 Å². The fourth-order valence-electron chi connectivity index (χ4n) is 5.47. The number of carbonyl (C=O) groups excluding carboxylic acids is 2. The van der Waals surface area contributed by atoms with E-state index in [0.29, 0.717) is 31.1 Å². The Labute approximate surface area is 241 Å². The van der Waals surface area contributed by atoms with Gasteiger partial charge in [0.15, 0.2) is 0 Å². The monoisotopic (exact) mass is 556 g/mol. The van der Waals surface area contributed by atoms with Crippen molar-refractivity contribution in [3.8, 4) is 0 Å². The van der Waals surface area contributed by atoms with Crippen molar-refractivity contribution in [2.45, 2.75) is 57.3 Å². The SMILES string of the molecule is CN(C)CCCC[C@@H]1NC(=O)C2CCCN2Cc2cccc(c2)Nc2cc(ncn2)Nc2cccc(c2)CNC1=O. The first-order valence-electron chi connectivity index (χ1n) is 14.4. The average molecular weight is 557 g/mol. The number of nitrogens with one attached hydrogen (secondary N) is 4. The molecule has 1 saturated heterocycles. The van der Waals surface area contributed by atoms with E-state index < -0.39 is 6.04 Å². The van der Waals surface area contributed by atoms with Gasteiger partial charge in [0.05, 0.1) is 6.04 Å². The lowest BCUT2D eigenvalue weighted by Gasteiger charge is -2.26. The summed E-state index contributed by atoms with van der Waals surface area (Å²) >= 11 is 0. The van der Waals surface area contributed by atoms with E-state index in [4.69, 9.17) is 0 Å². The molecule has 0 spiro atoms. The minimum atomic E-state index is -0.578. The van der Waals surface area contributed by atoms with Gasteiger partial charge in [-0.05, 0) is 94.7 Å². The van der Waals surface area contributed by atoms with Crippen molar-refractivity contribution >= 4 is 34.8 Å². The number of anilines is 4. The molecule has 2 atom stereocenters. The quantitative estimate of drug-likeness (QED) is 0.351. The third kappa shape index (κ3) is 8.02. The maximum Gasteiger partial charge on any atom is 0.242 e. The molecule has 5 rings (SSSR count). The Bertz CT molecular complexity index is 1350. The maximum absolute atomic E-state index is 13.6. The highest BCUT2D eigenvalue weighted by Crippen LogP contribution is 2.24. The van der Waals surface area contributed by atoms with E-state index in [1.807, 2.05) is 56.6 Å². The number of aromatic nitrogens is 2. The van der Waals surface area contributed by atoms with Crippen molar-refractivity contribution in [1.29, 1.82) is 0 Å². The van der Waals surface area contributed by atoms with E-state index in [-0.39, 0.29) is 17.9 Å². The third-order valence-electron chi connectivity index (χ3n) is 7.57. The topological polar surface area (TPSA) is 115 Å². The van der Waals surface area contributed by atoms with Crippen LogP contribution < -0.4 is 21.3 Å². The zero-order valence-corrected chi connectivity index (χ0v) is 23.9. The smallest absolute Gasteiger partial charge is 0.242 e. The largest absolute Gasteiger partial charge is 0.350 e. The molecule has 10 heteroatoms. The maximum atomic E-state index is 13.6. The van der Waals surface area contributed by atoms with Gasteiger partial charge in [0.1, 0.15) is 24.0 Å². The highest BCUT2D eigenvalue weighted by Gasteiger charge is 2.33. The summed E-state index contributed by atoms with van der Waals surface area (Å²) in [6.45, 7) is 2.80. The van der Waals surface area contributed by atoms with Gasteiger partial charge in [0.2, 0.25) is 11.8 Å². The minimum absolute atomic E-state index is 0.0707. The molecule has 2 aromatic carbocycles. The van der Waals surface area contributed by atoms with Gasteiger partial charge in [-0.2, -0.15) is 0 Å². The number of amides is 2. The predicted octanol–water partition coefficient (Wildman–Crippen LogP) is 3.77. The number of hydrogen-bond acceptors (Lipinski definition) is 8. The van der Waals surface area contributed by atoms with Crippen molar-refractivity contribution in [1.82, 2.24) is 30.4 Å². The summed E-state index contributed by atoms with van der Waals surface area (Å²) in [5.74, 6) is 1.11. The van der Waals surface area contributed by atoms with Crippen molar-refractivity contribution in [2.24, 2.45) is 0 Å². The lowest BCUT2D eigenvalue weighted by molar-refractivity contribution is -0.131. The van der Waals surface area contributed by atoms with Crippen LogP contribution in [0.4, 0.5) is 23.0 Å². The van der Waals surface area contributed by atoms with Crippen LogP contribution in [0.25, 0.3) is 0 Å². The molecule has 1 unspecified atom stereocenters. The molecule has 4 N–H and O–H groups in total. The molecular weight excluding hydrogens is 516 g/mol. The lowest BCUT2D eigenvalue weighted by Crippen LogP contribution is -2.52. The Morgan fingerprint density at radius 3 is 2.34 bits per heavy atom. The van der Waals surface area contributed by atoms with E-state index in [9.17, 15) is 9.59 Å². The first-order chi connectivity index (χ1) is 19.9. The Morgan fingerprint density at radius 2 is 1.61 bits per heavy atom. The highest BCUT2D eigenvalue weighted by molar-refractivity contribution is 5.90. The van der Waals surface area contributed by atoms with Gasteiger partial charge < -0.3 is 26.2 Å². The first kappa shape index (κ1) is 28.5. The second kappa shape index (κ2) is 13.6. The number of rotatable bonds is 5. The van der Waals surface area contributed by atoms with E-state index in [1.54, 1.807) is 0 Å². The molecule has 1 fully saturated rings. The van der Waals surface area contributed by atoms with Crippen LogP contribution in [-0.4, -0.2) is 70.9 Å². The number of hydrogen-bond donors (Lipinski definition) is 4. The summed E-state index contributed by atoms with van der Waals surface area (Å²) < 4.78 is 0. The van der Waals surface area contributed by atoms with Crippen LogP contribution in [0.1, 0.15) is 43.2 Å². The summed E-state index contributed by atoms with van der Waals surface area (Å²) in [5.41, 5.74) is 3.82. The second-order valence-electron chi connectivity index (χ2n) is 11.1. The fourth-order valence-corrected chi connectivity index (χ4v) is 5.47. The van der Waals surface area contributed by atoms with E-state index in [1.165, 1.54) is 6.33 Å². The van der Waals surface area contributed by atoms with Gasteiger partial charge in [-0.3, -0.25) is 14.5 Å². The Kier molecular flexibility index (Phi) is 9.43. The molecule has 10 nitrogen and oxygen atoms in total. The van der Waals surface area contributed by atoms with Gasteiger partial charge in [-0.1, -0.05) is 24.3 Å². The molecule has 41 heavy (non-hydrogen) atoms. The molecular formula is C31H40N8O2. The van der Waals surface area contributed by atoms with Gasteiger partial charge in [0.25, 0.3) is 0 Å². The van der Waals surface area contributed by atoms with Gasteiger partial charge in [0, 0.05) is 30.5 Å². The third-order valence-corrected chi connectivity index (χ3v) is 7.57. The molecule has 0 radical (unpaired) electrons. The second-order valence-corrected chi connectivity index (χ2v) is 11.1. The Balaban J connectivity index is 1.41. The highest BCUT2D eigenvalue weighted by atomic mass is 16.2. The molecule has 216 valence electrons. The molecule has 1 aromatic heterocycles. The van der Waals surface area contributed by atoms with Crippen LogP contribution in [0.3, 0.4) is 0 Å². The molecule has 3 aromatic rings. The molecule has 2 aliphatic heterocycles. The standard InChI is InChI=1S/C31H40N8O2/c1-38(2)14-4-3-12-26-30(40)32-19-22-8-5-10-24(16-22)35-28-18-29(34-21-33-28)36-25-11-6-9-23(17-25)20-39-15-7-13-27(39)31(41)37-26/h5-6,8-11,16-18,21,26-27H,3-4,7,12-15,19-20H2,1-2H3,(H,32,40)(H,37,41)(H2,33,34,35,36)/t26-,27?/m0/s1. The van der Waals surface area contributed by atoms with E-state index in [0.717, 1.165) is 61.3 Å². The minimum Gasteiger partial charge on any atom is -0.350 e. The van der Waals surface area contributed by atoms with Crippen molar-refractivity contribution in [2.75, 3.05) is 37.8 Å². The lowest BCUT2D eigenvalue weighted by atomic mass is 10.1. The number of nitrogens with zero attached hydrogens (tertiary/aromatic N) is 4. The molecule has 2 amide bonds. The Hall–Kier alpha value is -4.02. The summed E-state index contributed by atoms with van der Waals surface area (Å²) in [6, 6.07) is 17.0. The normalized spacial score (nSPS) is 19.9. The number of benzene rings is 2. The predicted molar refractivity (Wildman–Crippen MR) is 161 cm³/mol. The van der Waals surface area contributed by atoms with Crippen molar-refractivity contribution in [3.05, 3.63) is 72.1 Å². The molecule has 0 aliphatic carbocycles. The van der Waals surface area contributed by atoms with Crippen LogP contribution in [-0.2, 0) is 22.7 Å². The summed E-state index contributed by atoms with van der Waals surface area (Å²) in [4.78, 5) is 40.1.